The molecule has 2 aliphatic rings. The van der Waals surface area contributed by atoms with Crippen molar-refractivity contribution >= 4 is 23.9 Å². The maximum Gasteiger partial charge on any atom is 0.311 e. The fraction of sp³-hybridized carbons (Fsp3) is 0.577. The molecule has 3 aromatic carbocycles. The van der Waals surface area contributed by atoms with E-state index in [2.05, 4.69) is 10.0 Å². The van der Waals surface area contributed by atoms with Gasteiger partial charge in [-0.3, -0.25) is 19.2 Å². The number of methoxy groups -OCH3 is 1. The molecule has 3 aromatic rings. The maximum absolute atomic E-state index is 14.0. The second-order valence-corrected chi connectivity index (χ2v) is 21.4. The molecule has 69 heavy (non-hydrogen) atoms. The van der Waals surface area contributed by atoms with E-state index in [-0.39, 0.29) is 6.61 Å². The number of ether oxygens (including phenoxy) is 9. The van der Waals surface area contributed by atoms with Crippen molar-refractivity contribution in [3.05, 3.63) is 118 Å². The lowest BCUT2D eigenvalue weighted by Gasteiger charge is -2.49. The molecule has 376 valence electrons. The van der Waals surface area contributed by atoms with Gasteiger partial charge in [-0.1, -0.05) is 96.1 Å². The number of aliphatic hydroxyl groups excluding tert-OH is 1. The summed E-state index contributed by atoms with van der Waals surface area (Å²) < 4.78 is 56.6. The van der Waals surface area contributed by atoms with Crippen LogP contribution in [0.25, 0.3) is 10.4 Å². The van der Waals surface area contributed by atoms with Crippen LogP contribution < -0.4 is 0 Å². The molecule has 0 radical (unpaired) electrons. The highest BCUT2D eigenvalue weighted by Crippen LogP contribution is 2.42. The Morgan fingerprint density at radius 1 is 0.565 bits per heavy atom. The third-order valence-corrected chi connectivity index (χ3v) is 11.5. The van der Waals surface area contributed by atoms with E-state index in [1.165, 1.54) is 7.11 Å². The fourth-order valence-electron chi connectivity index (χ4n) is 7.51. The number of nitrogens with zero attached hydrogens (tertiary/aromatic N) is 3. The number of esters is 4. The van der Waals surface area contributed by atoms with Gasteiger partial charge in [-0.15, -0.1) is 0 Å². The van der Waals surface area contributed by atoms with Crippen molar-refractivity contribution in [2.75, 3.05) is 20.3 Å². The van der Waals surface area contributed by atoms with Gasteiger partial charge in [0.05, 0.1) is 28.3 Å². The molecule has 0 spiro atoms. The van der Waals surface area contributed by atoms with E-state index in [0.717, 1.165) is 16.7 Å². The molecule has 0 aliphatic carbocycles. The van der Waals surface area contributed by atoms with Gasteiger partial charge in [0.25, 0.3) is 0 Å². The van der Waals surface area contributed by atoms with E-state index in [1.807, 2.05) is 91.0 Å². The van der Waals surface area contributed by atoms with Gasteiger partial charge < -0.3 is 47.7 Å². The Kier molecular flexibility index (Phi) is 17.5. The van der Waals surface area contributed by atoms with Crippen LogP contribution in [0, 0.1) is 21.7 Å². The summed E-state index contributed by atoms with van der Waals surface area (Å²) in [5.74, 6) is -2.95. The Morgan fingerprint density at radius 2 is 0.971 bits per heavy atom. The second kappa shape index (κ2) is 22.1. The van der Waals surface area contributed by atoms with E-state index in [4.69, 9.17) is 42.6 Å². The molecule has 1 N–H and O–H groups in total. The SMILES string of the molecule is CO[C@H]1O[C@H](COC(c2ccccc2)(c2ccccc2)c2ccccc2)[C@H](O)[C@H](O[C@@H]2O[C@H](COC(=O)C(C)(C)C)[C@H](OC(=O)C(C)(C)C)[C@H](OC(=O)C(C)(C)C)[C@H]2OC(=O)C(C)(C)C)[C@H]1N=[N+]=[N-]. The van der Waals surface area contributed by atoms with Gasteiger partial charge in [0.1, 0.15) is 42.7 Å². The average molecular weight is 960 g/mol. The molecule has 17 heteroatoms. The summed E-state index contributed by atoms with van der Waals surface area (Å²) in [6, 6.07) is 27.2. The predicted octanol–water partition coefficient (Wildman–Crippen LogP) is 7.98. The van der Waals surface area contributed by atoms with Crippen molar-refractivity contribution in [2.24, 2.45) is 26.8 Å². The number of hydrogen-bond acceptors (Lipinski definition) is 15. The van der Waals surface area contributed by atoms with Crippen molar-refractivity contribution in [1.29, 1.82) is 0 Å². The summed E-state index contributed by atoms with van der Waals surface area (Å²) in [6.45, 7) is 18.5. The Hall–Kier alpha value is -5.39. The van der Waals surface area contributed by atoms with E-state index in [0.29, 0.717) is 0 Å². The van der Waals surface area contributed by atoms with Gasteiger partial charge in [-0.25, -0.2) is 0 Å². The quantitative estimate of drug-likeness (QED) is 0.0381. The van der Waals surface area contributed by atoms with Crippen molar-refractivity contribution in [3.63, 3.8) is 0 Å². The molecule has 5 rings (SSSR count). The van der Waals surface area contributed by atoms with Crippen LogP contribution in [0.3, 0.4) is 0 Å². The Bertz CT molecular complexity index is 2150. The minimum Gasteiger partial charge on any atom is -0.462 e. The molecule has 2 aliphatic heterocycles. The Labute approximate surface area is 405 Å². The lowest BCUT2D eigenvalue weighted by Crippen LogP contribution is -2.67. The summed E-state index contributed by atoms with van der Waals surface area (Å²) in [5, 5.41) is 16.5. The minimum atomic E-state index is -1.80. The molecule has 2 heterocycles. The van der Waals surface area contributed by atoms with E-state index in [9.17, 15) is 29.8 Å². The Balaban J connectivity index is 1.65. The van der Waals surface area contributed by atoms with Gasteiger partial charge in [-0.2, -0.15) is 0 Å². The highest BCUT2D eigenvalue weighted by atomic mass is 16.8. The first-order valence-corrected chi connectivity index (χ1v) is 23.1. The maximum atomic E-state index is 14.0. The zero-order valence-corrected chi connectivity index (χ0v) is 41.9. The lowest BCUT2D eigenvalue weighted by molar-refractivity contribution is -0.346. The second-order valence-electron chi connectivity index (χ2n) is 21.4. The number of aliphatic hydroxyl groups is 1. The molecule has 0 aromatic heterocycles. The third kappa shape index (κ3) is 13.1. The van der Waals surface area contributed by atoms with Crippen molar-refractivity contribution in [3.8, 4) is 0 Å². The number of carbonyl (C=O) groups is 4. The molecule has 2 saturated heterocycles. The standard InChI is InChI=1S/C52H69N3O14/c1-48(2,3)44(57)62-29-35-38(67-45(58)49(4,5)6)40(68-46(59)50(7,8)9)41(69-47(60)51(10,11)12)43(65-35)66-39-36(54-55-53)42(61-13)64-34(37(39)56)30-63-52(31-23-17-14-18-24-31,32-25-19-15-20-26-32)33-27-21-16-22-28-33/h14-28,34-43,56H,29-30H2,1-13H3/t34-,35-,36-,37+,38+,39-,40+,41-,42+,43+/m1/s1. The van der Waals surface area contributed by atoms with Gasteiger partial charge >= 0.3 is 23.9 Å². The van der Waals surface area contributed by atoms with Crippen molar-refractivity contribution in [1.82, 2.24) is 0 Å². The minimum absolute atomic E-state index is 0.307. The number of benzene rings is 3. The lowest BCUT2D eigenvalue weighted by atomic mass is 9.80. The first kappa shape index (κ1) is 54.5. The zero-order chi connectivity index (χ0) is 51.1. The number of azide groups is 1. The average Bonchev–Trinajstić information content (AvgIpc) is 3.29. The summed E-state index contributed by atoms with van der Waals surface area (Å²) in [7, 11) is 1.32. The van der Waals surface area contributed by atoms with Crippen LogP contribution in [-0.4, -0.2) is 111 Å². The van der Waals surface area contributed by atoms with Crippen LogP contribution in [0.1, 0.15) is 99.8 Å². The molecule has 10 atom stereocenters. The number of hydrogen-bond donors (Lipinski definition) is 1. The molecular weight excluding hydrogens is 891 g/mol. The van der Waals surface area contributed by atoms with Gasteiger partial charge in [-0.05, 0) is 105 Å². The normalized spacial score (nSPS) is 25.7. The molecule has 0 unspecified atom stereocenters. The Morgan fingerprint density at radius 3 is 1.38 bits per heavy atom. The summed E-state index contributed by atoms with van der Waals surface area (Å²) in [4.78, 5) is 58.0. The molecular formula is C52H69N3O14. The van der Waals surface area contributed by atoms with Crippen LogP contribution in [-0.2, 0) is 67.4 Å². The predicted molar refractivity (Wildman–Crippen MR) is 252 cm³/mol. The molecule has 0 saturated carbocycles. The molecule has 0 bridgehead atoms. The summed E-state index contributed by atoms with van der Waals surface area (Å²) in [6.07, 6.45) is -14.1. The van der Waals surface area contributed by atoms with Crippen LogP contribution in [0.4, 0.5) is 0 Å². The van der Waals surface area contributed by atoms with Crippen LogP contribution in [0.2, 0.25) is 0 Å². The third-order valence-electron chi connectivity index (χ3n) is 11.5. The number of carbonyl (C=O) groups excluding carboxylic acids is 4. The molecule has 0 amide bonds. The van der Waals surface area contributed by atoms with Crippen molar-refractivity contribution < 1.29 is 66.9 Å². The fourth-order valence-corrected chi connectivity index (χ4v) is 7.51. The number of rotatable bonds is 15. The first-order valence-electron chi connectivity index (χ1n) is 23.1. The highest BCUT2D eigenvalue weighted by Gasteiger charge is 2.58. The topological polar surface area (TPSA) is 220 Å². The van der Waals surface area contributed by atoms with Crippen LogP contribution in [0.5, 0.6) is 0 Å². The van der Waals surface area contributed by atoms with E-state index >= 15 is 0 Å². The van der Waals surface area contributed by atoms with Crippen molar-refractivity contribution in [2.45, 2.75) is 150 Å². The molecule has 17 nitrogen and oxygen atoms in total. The first-order chi connectivity index (χ1) is 32.2. The smallest absolute Gasteiger partial charge is 0.311 e. The van der Waals surface area contributed by atoms with Crippen LogP contribution >= 0.6 is 0 Å². The largest absolute Gasteiger partial charge is 0.462 e. The summed E-state index contributed by atoms with van der Waals surface area (Å²) >= 11 is 0. The summed E-state index contributed by atoms with van der Waals surface area (Å²) in [5.41, 5.74) is 6.59. The van der Waals surface area contributed by atoms with E-state index in [1.54, 1.807) is 83.1 Å². The highest BCUT2D eigenvalue weighted by molar-refractivity contribution is 5.78. The van der Waals surface area contributed by atoms with Gasteiger partial charge in [0.2, 0.25) is 0 Å². The van der Waals surface area contributed by atoms with Gasteiger partial charge in [0.15, 0.2) is 30.9 Å². The van der Waals surface area contributed by atoms with Gasteiger partial charge in [0, 0.05) is 12.0 Å². The van der Waals surface area contributed by atoms with Crippen LogP contribution in [0.15, 0.2) is 96.1 Å². The zero-order valence-electron chi connectivity index (χ0n) is 41.9. The van der Waals surface area contributed by atoms with E-state index < -0.39 is 119 Å². The monoisotopic (exact) mass is 959 g/mol. The molecule has 2 fully saturated rings.